The van der Waals surface area contributed by atoms with Gasteiger partial charge in [0.15, 0.2) is 5.78 Å². The number of thioether (sulfide) groups is 1. The first-order valence-electron chi connectivity index (χ1n) is 8.15. The molecule has 5 nitrogen and oxygen atoms in total. The third kappa shape index (κ3) is 3.85. The van der Waals surface area contributed by atoms with Gasteiger partial charge in [0.1, 0.15) is 34.4 Å². The van der Waals surface area contributed by atoms with Crippen LogP contribution in [0.3, 0.4) is 0 Å². The molecule has 0 atom stereocenters. The SMILES string of the molecule is N#Cc1c(N)nc(SCC(=O)c2ccccc2)c(C#N)c1-c1ccc(F)cc1. The Bertz CT molecular complexity index is 1120. The predicted octanol–water partition coefficient (Wildman–Crippen LogP) is 4.19. The summed E-state index contributed by atoms with van der Waals surface area (Å²) in [6.07, 6.45) is 0. The van der Waals surface area contributed by atoms with Crippen LogP contribution < -0.4 is 5.73 Å². The zero-order valence-corrected chi connectivity index (χ0v) is 15.3. The minimum Gasteiger partial charge on any atom is -0.383 e. The highest BCUT2D eigenvalue weighted by Crippen LogP contribution is 2.35. The van der Waals surface area contributed by atoms with E-state index in [2.05, 4.69) is 4.98 Å². The summed E-state index contributed by atoms with van der Waals surface area (Å²) in [4.78, 5) is 16.5. The summed E-state index contributed by atoms with van der Waals surface area (Å²) in [6, 6.07) is 18.2. The number of Topliss-reactive ketones (excluding diaryl/α,β-unsaturated/α-hetero) is 1. The zero-order chi connectivity index (χ0) is 20.1. The molecule has 3 aromatic rings. The normalized spacial score (nSPS) is 10.1. The second kappa shape index (κ2) is 8.34. The molecule has 0 saturated carbocycles. The minimum absolute atomic E-state index is 0.0434. The molecule has 3 rings (SSSR count). The van der Waals surface area contributed by atoms with Crippen molar-refractivity contribution in [3.05, 3.63) is 77.1 Å². The van der Waals surface area contributed by atoms with E-state index in [1.165, 1.54) is 24.3 Å². The van der Waals surface area contributed by atoms with E-state index in [0.717, 1.165) is 11.8 Å². The number of carbonyl (C=O) groups is 1. The Morgan fingerprint density at radius 2 is 1.68 bits per heavy atom. The number of nitriles is 2. The van der Waals surface area contributed by atoms with Crippen LogP contribution in [0.1, 0.15) is 21.5 Å². The quantitative estimate of drug-likeness (QED) is 0.519. The number of nitrogen functional groups attached to an aromatic ring is 1. The van der Waals surface area contributed by atoms with Crippen LogP contribution in [0.2, 0.25) is 0 Å². The summed E-state index contributed by atoms with van der Waals surface area (Å²) in [6.45, 7) is 0. The van der Waals surface area contributed by atoms with Crippen molar-refractivity contribution >= 4 is 23.4 Å². The van der Waals surface area contributed by atoms with Gasteiger partial charge in [0, 0.05) is 11.1 Å². The van der Waals surface area contributed by atoms with Crippen molar-refractivity contribution in [2.75, 3.05) is 11.5 Å². The molecule has 28 heavy (non-hydrogen) atoms. The lowest BCUT2D eigenvalue weighted by Gasteiger charge is -2.13. The Balaban J connectivity index is 2.03. The summed E-state index contributed by atoms with van der Waals surface area (Å²) in [5.41, 5.74) is 7.40. The van der Waals surface area contributed by atoms with E-state index < -0.39 is 5.82 Å². The van der Waals surface area contributed by atoms with Gasteiger partial charge in [0.2, 0.25) is 0 Å². The topological polar surface area (TPSA) is 104 Å². The molecule has 2 aromatic carbocycles. The van der Waals surface area contributed by atoms with E-state index >= 15 is 0 Å². The molecule has 1 heterocycles. The van der Waals surface area contributed by atoms with Crippen molar-refractivity contribution in [2.24, 2.45) is 0 Å². The van der Waals surface area contributed by atoms with Gasteiger partial charge in [-0.2, -0.15) is 10.5 Å². The third-order valence-corrected chi connectivity index (χ3v) is 4.96. The van der Waals surface area contributed by atoms with Crippen molar-refractivity contribution < 1.29 is 9.18 Å². The molecular formula is C21H13FN4OS. The molecule has 0 fully saturated rings. The Morgan fingerprint density at radius 3 is 2.29 bits per heavy atom. The second-order valence-electron chi connectivity index (χ2n) is 5.74. The molecule has 0 spiro atoms. The number of ketones is 1. The lowest BCUT2D eigenvalue weighted by atomic mass is 9.97. The second-order valence-corrected chi connectivity index (χ2v) is 6.70. The van der Waals surface area contributed by atoms with E-state index in [1.54, 1.807) is 24.3 Å². The fourth-order valence-corrected chi connectivity index (χ4v) is 3.54. The number of nitrogens with zero attached hydrogens (tertiary/aromatic N) is 3. The molecule has 0 unspecified atom stereocenters. The average molecular weight is 388 g/mol. The number of rotatable bonds is 5. The van der Waals surface area contributed by atoms with E-state index in [9.17, 15) is 19.7 Å². The van der Waals surface area contributed by atoms with Crippen LogP contribution in [-0.4, -0.2) is 16.5 Å². The van der Waals surface area contributed by atoms with Crippen LogP contribution in [-0.2, 0) is 0 Å². The minimum atomic E-state index is -0.439. The maximum absolute atomic E-state index is 13.3. The van der Waals surface area contributed by atoms with Crippen LogP contribution in [0.25, 0.3) is 11.1 Å². The van der Waals surface area contributed by atoms with Gasteiger partial charge >= 0.3 is 0 Å². The monoisotopic (exact) mass is 388 g/mol. The number of pyridine rings is 1. The maximum Gasteiger partial charge on any atom is 0.173 e. The smallest absolute Gasteiger partial charge is 0.173 e. The highest BCUT2D eigenvalue weighted by atomic mass is 32.2. The number of anilines is 1. The summed E-state index contributed by atoms with van der Waals surface area (Å²) < 4.78 is 13.3. The summed E-state index contributed by atoms with van der Waals surface area (Å²) in [5.74, 6) is -0.552. The first-order chi connectivity index (χ1) is 13.5. The van der Waals surface area contributed by atoms with E-state index in [1.807, 2.05) is 18.2 Å². The van der Waals surface area contributed by atoms with Crippen molar-refractivity contribution in [3.63, 3.8) is 0 Å². The Labute approximate surface area is 165 Å². The largest absolute Gasteiger partial charge is 0.383 e. The van der Waals surface area contributed by atoms with Crippen molar-refractivity contribution in [1.82, 2.24) is 4.98 Å². The van der Waals surface area contributed by atoms with E-state index in [-0.39, 0.29) is 39.1 Å². The van der Waals surface area contributed by atoms with Gasteiger partial charge in [0.05, 0.1) is 11.3 Å². The molecule has 2 N–H and O–H groups in total. The van der Waals surface area contributed by atoms with Crippen LogP contribution in [0.4, 0.5) is 10.2 Å². The van der Waals surface area contributed by atoms with Crippen molar-refractivity contribution in [2.45, 2.75) is 5.03 Å². The molecule has 0 saturated heterocycles. The van der Waals surface area contributed by atoms with Gasteiger partial charge in [0.25, 0.3) is 0 Å². The van der Waals surface area contributed by atoms with Gasteiger partial charge in [-0.15, -0.1) is 0 Å². The molecule has 0 bridgehead atoms. The Kier molecular flexibility index (Phi) is 5.69. The van der Waals surface area contributed by atoms with Gasteiger partial charge in [-0.3, -0.25) is 4.79 Å². The van der Waals surface area contributed by atoms with E-state index in [4.69, 9.17) is 5.73 Å². The number of hydrogen-bond donors (Lipinski definition) is 1. The van der Waals surface area contributed by atoms with Crippen LogP contribution >= 0.6 is 11.8 Å². The van der Waals surface area contributed by atoms with Crippen molar-refractivity contribution in [3.8, 4) is 23.3 Å². The van der Waals surface area contributed by atoms with Gasteiger partial charge in [-0.25, -0.2) is 9.37 Å². The van der Waals surface area contributed by atoms with Crippen LogP contribution in [0, 0.1) is 28.5 Å². The van der Waals surface area contributed by atoms with Crippen LogP contribution in [0.5, 0.6) is 0 Å². The number of nitrogens with two attached hydrogens (primary N) is 1. The van der Waals surface area contributed by atoms with Crippen LogP contribution in [0.15, 0.2) is 59.6 Å². The fraction of sp³-hybridized carbons (Fsp3) is 0.0476. The lowest BCUT2D eigenvalue weighted by Crippen LogP contribution is -2.06. The number of carbonyl (C=O) groups excluding carboxylic acids is 1. The number of hydrogen-bond acceptors (Lipinski definition) is 6. The average Bonchev–Trinajstić information content (AvgIpc) is 2.72. The maximum atomic E-state index is 13.3. The molecule has 0 amide bonds. The molecule has 1 aromatic heterocycles. The zero-order valence-electron chi connectivity index (χ0n) is 14.5. The Hall–Kier alpha value is -3.68. The molecular weight excluding hydrogens is 375 g/mol. The summed E-state index contributed by atoms with van der Waals surface area (Å²) in [5, 5.41) is 19.4. The summed E-state index contributed by atoms with van der Waals surface area (Å²) >= 11 is 1.07. The van der Waals surface area contributed by atoms with E-state index in [0.29, 0.717) is 11.1 Å². The highest BCUT2D eigenvalue weighted by molar-refractivity contribution is 8.00. The van der Waals surface area contributed by atoms with Crippen molar-refractivity contribution in [1.29, 1.82) is 10.5 Å². The molecule has 0 aliphatic carbocycles. The molecule has 136 valence electrons. The van der Waals surface area contributed by atoms with Gasteiger partial charge in [-0.1, -0.05) is 54.2 Å². The number of benzene rings is 2. The number of halogens is 1. The lowest BCUT2D eigenvalue weighted by molar-refractivity contribution is 0.102. The fourth-order valence-electron chi connectivity index (χ4n) is 2.65. The molecule has 0 aliphatic rings. The third-order valence-electron chi connectivity index (χ3n) is 3.98. The highest BCUT2D eigenvalue weighted by Gasteiger charge is 2.21. The molecule has 0 aliphatic heterocycles. The Morgan fingerprint density at radius 1 is 1.04 bits per heavy atom. The molecule has 0 radical (unpaired) electrons. The first kappa shape index (κ1) is 19.1. The van der Waals surface area contributed by atoms with Gasteiger partial charge < -0.3 is 5.73 Å². The van der Waals surface area contributed by atoms with Gasteiger partial charge in [-0.05, 0) is 17.7 Å². The standard InChI is InChI=1S/C21H13FN4OS/c22-15-8-6-14(7-9-15)19-16(10-23)20(25)26-21(17(19)11-24)28-12-18(27)13-4-2-1-3-5-13/h1-9H,12H2,(H2,25,26). The predicted molar refractivity (Wildman–Crippen MR) is 105 cm³/mol. The number of aromatic nitrogens is 1. The first-order valence-corrected chi connectivity index (χ1v) is 9.14. The molecule has 7 heteroatoms. The summed E-state index contributed by atoms with van der Waals surface area (Å²) in [7, 11) is 0.